The van der Waals surface area contributed by atoms with E-state index in [-0.39, 0.29) is 5.41 Å². The number of hydrogen-bond donors (Lipinski definition) is 2. The lowest BCUT2D eigenvalue weighted by molar-refractivity contribution is -0.152. The Bertz CT molecular complexity index is 266. The molecule has 0 amide bonds. The van der Waals surface area contributed by atoms with Crippen LogP contribution in [0.25, 0.3) is 0 Å². The molecule has 0 saturated heterocycles. The molecule has 0 heterocycles. The first-order chi connectivity index (χ1) is 6.67. The average molecular weight is 196 g/mol. The average Bonchev–Trinajstić information content (AvgIpc) is 2.99. The second kappa shape index (κ2) is 3.39. The van der Waals surface area contributed by atoms with Gasteiger partial charge in [-0.3, -0.25) is 0 Å². The topological polar surface area (TPSA) is 57.5 Å². The minimum Gasteiger partial charge on any atom is -0.479 e. The van der Waals surface area contributed by atoms with Crippen molar-refractivity contribution in [3.05, 3.63) is 12.2 Å². The van der Waals surface area contributed by atoms with Gasteiger partial charge in [0.15, 0.2) is 6.10 Å². The van der Waals surface area contributed by atoms with Crippen molar-refractivity contribution in [2.45, 2.75) is 38.2 Å². The summed E-state index contributed by atoms with van der Waals surface area (Å²) in [5, 5.41) is 18.5. The molecule has 2 aliphatic carbocycles. The maximum Gasteiger partial charge on any atom is 0.333 e. The molecular weight excluding hydrogens is 180 g/mol. The number of aliphatic hydroxyl groups is 1. The molecule has 2 atom stereocenters. The SMILES string of the molecule is O=C(O)C(O)C1(C2CC=CCC2)CC1. The Morgan fingerprint density at radius 3 is 2.57 bits per heavy atom. The molecule has 1 fully saturated rings. The molecule has 2 rings (SSSR count). The van der Waals surface area contributed by atoms with Crippen molar-refractivity contribution in [1.29, 1.82) is 0 Å². The first-order valence-electron chi connectivity index (χ1n) is 5.23. The van der Waals surface area contributed by atoms with E-state index in [9.17, 15) is 9.90 Å². The maximum absolute atomic E-state index is 10.8. The Morgan fingerprint density at radius 2 is 2.14 bits per heavy atom. The van der Waals surface area contributed by atoms with E-state index < -0.39 is 12.1 Å². The van der Waals surface area contributed by atoms with Gasteiger partial charge >= 0.3 is 5.97 Å². The fourth-order valence-corrected chi connectivity index (χ4v) is 2.61. The fraction of sp³-hybridized carbons (Fsp3) is 0.727. The van der Waals surface area contributed by atoms with Crippen LogP contribution in [0.2, 0.25) is 0 Å². The van der Waals surface area contributed by atoms with Gasteiger partial charge < -0.3 is 10.2 Å². The predicted octanol–water partition coefficient (Wildman–Crippen LogP) is 1.57. The summed E-state index contributed by atoms with van der Waals surface area (Å²) >= 11 is 0. The van der Waals surface area contributed by atoms with Gasteiger partial charge in [0.25, 0.3) is 0 Å². The van der Waals surface area contributed by atoms with Crippen molar-refractivity contribution in [3.8, 4) is 0 Å². The van der Waals surface area contributed by atoms with Crippen molar-refractivity contribution in [2.75, 3.05) is 0 Å². The van der Waals surface area contributed by atoms with Gasteiger partial charge in [-0.15, -0.1) is 0 Å². The normalized spacial score (nSPS) is 31.1. The highest BCUT2D eigenvalue weighted by molar-refractivity contribution is 5.73. The van der Waals surface area contributed by atoms with Crippen LogP contribution >= 0.6 is 0 Å². The minimum absolute atomic E-state index is 0.295. The van der Waals surface area contributed by atoms with Crippen LogP contribution in [0.15, 0.2) is 12.2 Å². The number of hydrogen-bond acceptors (Lipinski definition) is 2. The number of rotatable bonds is 3. The molecule has 1 saturated carbocycles. The summed E-state index contributed by atoms with van der Waals surface area (Å²) in [5.74, 6) is -0.685. The van der Waals surface area contributed by atoms with Crippen LogP contribution in [0.4, 0.5) is 0 Å². The molecular formula is C11H16O3. The molecule has 14 heavy (non-hydrogen) atoms. The Kier molecular flexibility index (Phi) is 2.35. The van der Waals surface area contributed by atoms with Gasteiger partial charge in [-0.2, -0.15) is 0 Å². The zero-order chi connectivity index (χ0) is 10.2. The van der Waals surface area contributed by atoms with Gasteiger partial charge in [-0.05, 0) is 38.0 Å². The van der Waals surface area contributed by atoms with Crippen LogP contribution in [-0.4, -0.2) is 22.3 Å². The van der Waals surface area contributed by atoms with E-state index in [1.807, 2.05) is 0 Å². The van der Waals surface area contributed by atoms with E-state index in [0.29, 0.717) is 5.92 Å². The highest BCUT2D eigenvalue weighted by Crippen LogP contribution is 2.58. The zero-order valence-corrected chi connectivity index (χ0v) is 8.15. The lowest BCUT2D eigenvalue weighted by atomic mass is 9.77. The molecule has 2 unspecified atom stereocenters. The molecule has 0 aromatic heterocycles. The van der Waals surface area contributed by atoms with Crippen molar-refractivity contribution in [3.63, 3.8) is 0 Å². The summed E-state index contributed by atoms with van der Waals surface area (Å²) in [6, 6.07) is 0. The maximum atomic E-state index is 10.8. The van der Waals surface area contributed by atoms with Gasteiger partial charge in [0.2, 0.25) is 0 Å². The summed E-state index contributed by atoms with van der Waals surface area (Å²) in [7, 11) is 0. The quantitative estimate of drug-likeness (QED) is 0.673. The van der Waals surface area contributed by atoms with E-state index in [1.54, 1.807) is 0 Å². The summed E-state index contributed by atoms with van der Waals surface area (Å²) in [5.41, 5.74) is -0.295. The zero-order valence-electron chi connectivity index (χ0n) is 8.15. The summed E-state index contributed by atoms with van der Waals surface area (Å²) < 4.78 is 0. The number of carboxylic acids is 1. The second-order valence-corrected chi connectivity index (χ2v) is 4.46. The Balaban J connectivity index is 2.08. The summed E-state index contributed by atoms with van der Waals surface area (Å²) in [6.07, 6.45) is 7.84. The molecule has 3 heteroatoms. The Morgan fingerprint density at radius 1 is 1.43 bits per heavy atom. The largest absolute Gasteiger partial charge is 0.479 e. The minimum atomic E-state index is -1.15. The van der Waals surface area contributed by atoms with Gasteiger partial charge in [0.1, 0.15) is 0 Å². The molecule has 0 aliphatic heterocycles. The third-order valence-corrected chi connectivity index (χ3v) is 3.69. The third kappa shape index (κ3) is 1.46. The van der Waals surface area contributed by atoms with E-state index in [1.165, 1.54) is 0 Å². The fourth-order valence-electron chi connectivity index (χ4n) is 2.61. The number of carbonyl (C=O) groups is 1. The monoisotopic (exact) mass is 196 g/mol. The highest BCUT2D eigenvalue weighted by Gasteiger charge is 2.56. The van der Waals surface area contributed by atoms with Crippen LogP contribution in [0.3, 0.4) is 0 Å². The van der Waals surface area contributed by atoms with E-state index in [0.717, 1.165) is 32.1 Å². The Hall–Kier alpha value is -0.830. The first kappa shape index (κ1) is 9.71. The smallest absolute Gasteiger partial charge is 0.333 e. The van der Waals surface area contributed by atoms with Crippen LogP contribution in [0.1, 0.15) is 32.1 Å². The summed E-state index contributed by atoms with van der Waals surface area (Å²) in [4.78, 5) is 10.8. The van der Waals surface area contributed by atoms with Crippen molar-refractivity contribution < 1.29 is 15.0 Å². The second-order valence-electron chi connectivity index (χ2n) is 4.46. The van der Waals surface area contributed by atoms with E-state index >= 15 is 0 Å². The predicted molar refractivity (Wildman–Crippen MR) is 51.8 cm³/mol. The number of aliphatic hydroxyl groups excluding tert-OH is 1. The van der Waals surface area contributed by atoms with Crippen molar-refractivity contribution in [2.24, 2.45) is 11.3 Å². The van der Waals surface area contributed by atoms with Gasteiger partial charge in [-0.1, -0.05) is 12.2 Å². The molecule has 0 radical (unpaired) electrons. The molecule has 0 bridgehead atoms. The highest BCUT2D eigenvalue weighted by atomic mass is 16.4. The number of allylic oxidation sites excluding steroid dienone is 2. The lowest BCUT2D eigenvalue weighted by Crippen LogP contribution is -2.36. The van der Waals surface area contributed by atoms with Gasteiger partial charge in [-0.25, -0.2) is 4.79 Å². The molecule has 2 N–H and O–H groups in total. The first-order valence-corrected chi connectivity index (χ1v) is 5.23. The van der Waals surface area contributed by atoms with Gasteiger partial charge in [0.05, 0.1) is 0 Å². The summed E-state index contributed by atoms with van der Waals surface area (Å²) in [6.45, 7) is 0. The molecule has 0 aromatic rings. The molecule has 3 nitrogen and oxygen atoms in total. The van der Waals surface area contributed by atoms with Crippen LogP contribution in [-0.2, 0) is 4.79 Å². The van der Waals surface area contributed by atoms with Gasteiger partial charge in [0, 0.05) is 5.41 Å². The Labute approximate surface area is 83.4 Å². The van der Waals surface area contributed by atoms with Crippen LogP contribution < -0.4 is 0 Å². The number of carboxylic acid groups (broad SMARTS) is 1. The standard InChI is InChI=1S/C11H16O3/c12-9(10(13)14)11(6-7-11)8-4-2-1-3-5-8/h1-2,8-9,12H,3-7H2,(H,13,14). The van der Waals surface area contributed by atoms with Crippen molar-refractivity contribution >= 4 is 5.97 Å². The third-order valence-electron chi connectivity index (χ3n) is 3.69. The molecule has 0 aromatic carbocycles. The molecule has 78 valence electrons. The number of aliphatic carboxylic acids is 1. The lowest BCUT2D eigenvalue weighted by Gasteiger charge is -2.29. The molecule has 0 spiro atoms. The van der Waals surface area contributed by atoms with E-state index in [2.05, 4.69) is 12.2 Å². The van der Waals surface area contributed by atoms with Crippen LogP contribution in [0.5, 0.6) is 0 Å². The van der Waals surface area contributed by atoms with E-state index in [4.69, 9.17) is 5.11 Å². The molecule has 2 aliphatic rings. The van der Waals surface area contributed by atoms with Crippen molar-refractivity contribution in [1.82, 2.24) is 0 Å². The van der Waals surface area contributed by atoms with Crippen LogP contribution in [0, 0.1) is 11.3 Å².